The highest BCUT2D eigenvalue weighted by Crippen LogP contribution is 2.70. The van der Waals surface area contributed by atoms with Crippen LogP contribution in [0.25, 0.3) is 0 Å². The van der Waals surface area contributed by atoms with Gasteiger partial charge >= 0.3 is 0 Å². The second kappa shape index (κ2) is 7.19. The lowest BCUT2D eigenvalue weighted by molar-refractivity contribution is -0.170. The third kappa shape index (κ3) is 3.09. The summed E-state index contributed by atoms with van der Waals surface area (Å²) in [5.74, 6) is 1.86. The Bertz CT molecular complexity index is 870. The minimum Gasteiger partial charge on any atom is -0.393 e. The molecule has 5 aliphatic rings. The van der Waals surface area contributed by atoms with Crippen LogP contribution in [0.4, 0.5) is 0 Å². The zero-order valence-electron chi connectivity index (χ0n) is 22.2. The molecule has 9 atom stereocenters. The van der Waals surface area contributed by atoms with E-state index in [1.165, 1.54) is 31.3 Å². The number of aliphatic hydroxyl groups is 2. The number of carbonyl (C=O) groups excluding carboxylic acids is 1. The fourth-order valence-electron chi connectivity index (χ4n) is 10.9. The van der Waals surface area contributed by atoms with Gasteiger partial charge in [-0.25, -0.2) is 0 Å². The van der Waals surface area contributed by atoms with Crippen molar-refractivity contribution in [2.24, 2.45) is 50.7 Å². The van der Waals surface area contributed by atoms with Gasteiger partial charge in [0.1, 0.15) is 0 Å². The molecule has 0 radical (unpaired) electrons. The lowest BCUT2D eigenvalue weighted by atomic mass is 9.42. The average Bonchev–Trinajstić information content (AvgIpc) is 2.85. The van der Waals surface area contributed by atoms with Crippen molar-refractivity contribution in [2.45, 2.75) is 118 Å². The Morgan fingerprint density at radius 2 is 1.33 bits per heavy atom. The van der Waals surface area contributed by atoms with E-state index in [9.17, 15) is 15.0 Å². The second-order valence-corrected chi connectivity index (χ2v) is 14.9. The molecule has 2 N–H and O–H groups in total. The minimum atomic E-state index is -0.393. The van der Waals surface area contributed by atoms with Crippen LogP contribution in [-0.2, 0) is 4.79 Å². The number of fused-ring (bicyclic) bond motifs is 6. The van der Waals surface area contributed by atoms with E-state index in [1.54, 1.807) is 0 Å². The van der Waals surface area contributed by atoms with Gasteiger partial charge in [0.25, 0.3) is 0 Å². The fraction of sp³-hybridized carbons (Fsp3) is 0.900. The third-order valence-electron chi connectivity index (χ3n) is 12.6. The number of rotatable bonds is 0. The molecule has 5 aliphatic carbocycles. The van der Waals surface area contributed by atoms with Crippen molar-refractivity contribution >= 4 is 5.78 Å². The van der Waals surface area contributed by atoms with Crippen LogP contribution >= 0.6 is 0 Å². The standard InChI is InChI=1S/C30H48O3/c1-26(2)21-10-13-28(5)17-18-16-20(31)25-27(3,4)24(33)11-14-29(25,6)19(18)8-9-22(28)30(21,7)15-12-23(26)32/h16,19,21-25,32-33H,8-15,17H2,1-7H3/t19-,21+,22-,23+,24-,25+,28-,29+,30-/m0/s1. The Morgan fingerprint density at radius 1 is 0.727 bits per heavy atom. The summed E-state index contributed by atoms with van der Waals surface area (Å²) >= 11 is 0. The maximum Gasteiger partial charge on any atom is 0.159 e. The first kappa shape index (κ1) is 24.0. The zero-order chi connectivity index (χ0) is 24.2. The second-order valence-electron chi connectivity index (χ2n) is 14.9. The van der Waals surface area contributed by atoms with E-state index < -0.39 is 6.10 Å². The Balaban J connectivity index is 1.54. The number of allylic oxidation sites excluding steroid dienone is 2. The topological polar surface area (TPSA) is 57.5 Å². The molecule has 4 saturated carbocycles. The van der Waals surface area contributed by atoms with E-state index >= 15 is 0 Å². The van der Waals surface area contributed by atoms with Crippen molar-refractivity contribution < 1.29 is 15.0 Å². The first-order chi connectivity index (χ1) is 15.2. The highest BCUT2D eigenvalue weighted by Gasteiger charge is 2.64. The molecule has 0 bridgehead atoms. The summed E-state index contributed by atoms with van der Waals surface area (Å²) in [7, 11) is 0. The van der Waals surface area contributed by atoms with Crippen LogP contribution in [0, 0.1) is 50.7 Å². The molecule has 0 aromatic rings. The average molecular weight is 457 g/mol. The summed E-state index contributed by atoms with van der Waals surface area (Å²) < 4.78 is 0. The van der Waals surface area contributed by atoms with E-state index in [4.69, 9.17) is 0 Å². The van der Waals surface area contributed by atoms with Gasteiger partial charge < -0.3 is 10.2 Å². The normalized spacial score (nSPS) is 53.0. The van der Waals surface area contributed by atoms with Crippen molar-refractivity contribution in [2.75, 3.05) is 0 Å². The van der Waals surface area contributed by atoms with Crippen LogP contribution in [-0.4, -0.2) is 28.2 Å². The van der Waals surface area contributed by atoms with Gasteiger partial charge in [0.15, 0.2) is 5.78 Å². The van der Waals surface area contributed by atoms with E-state index in [0.717, 1.165) is 32.1 Å². The summed E-state index contributed by atoms with van der Waals surface area (Å²) in [6, 6.07) is 0. The quantitative estimate of drug-likeness (QED) is 0.448. The SMILES string of the molecule is CC1(C)[C@H](O)CC[C@@]2(C)[C@@H]1CC[C@@]1(C)CC3=CC(=O)[C@@H]4C(C)(C)[C@@H](O)CC[C@]4(C)[C@H]3CC[C@@H]12. The summed E-state index contributed by atoms with van der Waals surface area (Å²) in [5, 5.41) is 21.7. The minimum absolute atomic E-state index is 0.0246. The van der Waals surface area contributed by atoms with Gasteiger partial charge in [0, 0.05) is 11.3 Å². The number of hydrogen-bond donors (Lipinski definition) is 2. The molecule has 0 unspecified atom stereocenters. The van der Waals surface area contributed by atoms with Gasteiger partial charge in [-0.05, 0) is 103 Å². The van der Waals surface area contributed by atoms with Gasteiger partial charge in [0.05, 0.1) is 12.2 Å². The molecule has 0 heterocycles. The molecule has 0 spiro atoms. The van der Waals surface area contributed by atoms with Crippen LogP contribution in [0.3, 0.4) is 0 Å². The monoisotopic (exact) mass is 456 g/mol. The van der Waals surface area contributed by atoms with E-state index in [1.807, 2.05) is 6.08 Å². The lowest BCUT2D eigenvalue weighted by Gasteiger charge is -2.63. The molecule has 33 heavy (non-hydrogen) atoms. The number of carbonyl (C=O) groups is 1. The molecule has 0 aliphatic heterocycles. The summed E-state index contributed by atoms with van der Waals surface area (Å²) in [6.07, 6.45) is 11.1. The molecule has 3 heteroatoms. The molecule has 0 aromatic carbocycles. The van der Waals surface area contributed by atoms with Crippen LogP contribution in [0.15, 0.2) is 11.6 Å². The van der Waals surface area contributed by atoms with Gasteiger partial charge in [-0.1, -0.05) is 54.0 Å². The molecular formula is C30H48O3. The molecule has 0 aromatic heterocycles. The predicted octanol–water partition coefficient (Wildman–Crippen LogP) is 6.32. The van der Waals surface area contributed by atoms with Crippen LogP contribution in [0.2, 0.25) is 0 Å². The fourth-order valence-corrected chi connectivity index (χ4v) is 10.9. The van der Waals surface area contributed by atoms with E-state index in [0.29, 0.717) is 17.8 Å². The van der Waals surface area contributed by atoms with Gasteiger partial charge in [-0.15, -0.1) is 0 Å². The van der Waals surface area contributed by atoms with Gasteiger partial charge in [-0.2, -0.15) is 0 Å². The van der Waals surface area contributed by atoms with E-state index in [2.05, 4.69) is 48.5 Å². The van der Waals surface area contributed by atoms with Crippen molar-refractivity contribution in [1.82, 2.24) is 0 Å². The Kier molecular flexibility index (Phi) is 5.24. The molecule has 5 rings (SSSR count). The predicted molar refractivity (Wildman–Crippen MR) is 132 cm³/mol. The first-order valence-corrected chi connectivity index (χ1v) is 13.8. The summed E-state index contributed by atoms with van der Waals surface area (Å²) in [4.78, 5) is 13.6. The highest BCUT2D eigenvalue weighted by molar-refractivity contribution is 5.95. The Hall–Kier alpha value is -0.670. The van der Waals surface area contributed by atoms with Crippen molar-refractivity contribution in [1.29, 1.82) is 0 Å². The first-order valence-electron chi connectivity index (χ1n) is 13.8. The smallest absolute Gasteiger partial charge is 0.159 e. The zero-order valence-corrected chi connectivity index (χ0v) is 22.2. The van der Waals surface area contributed by atoms with Crippen molar-refractivity contribution in [3.8, 4) is 0 Å². The molecule has 3 nitrogen and oxygen atoms in total. The summed E-state index contributed by atoms with van der Waals surface area (Å²) in [6.45, 7) is 16.3. The van der Waals surface area contributed by atoms with E-state index in [-0.39, 0.29) is 44.9 Å². The Morgan fingerprint density at radius 3 is 2.00 bits per heavy atom. The lowest BCUT2D eigenvalue weighted by Crippen LogP contribution is -2.58. The van der Waals surface area contributed by atoms with Crippen molar-refractivity contribution in [3.63, 3.8) is 0 Å². The molecule has 4 fully saturated rings. The van der Waals surface area contributed by atoms with Gasteiger partial charge in [-0.3, -0.25) is 4.79 Å². The molecule has 186 valence electrons. The summed E-state index contributed by atoms with van der Waals surface area (Å²) in [5.41, 5.74) is 1.48. The third-order valence-corrected chi connectivity index (χ3v) is 12.6. The van der Waals surface area contributed by atoms with Crippen LogP contribution in [0.1, 0.15) is 106 Å². The maximum atomic E-state index is 13.6. The molecule has 0 saturated heterocycles. The van der Waals surface area contributed by atoms with Crippen molar-refractivity contribution in [3.05, 3.63) is 11.6 Å². The van der Waals surface area contributed by atoms with Crippen LogP contribution < -0.4 is 0 Å². The number of aliphatic hydroxyl groups excluding tert-OH is 2. The maximum absolute atomic E-state index is 13.6. The van der Waals surface area contributed by atoms with Crippen LogP contribution in [0.5, 0.6) is 0 Å². The number of ketones is 1. The molecule has 0 amide bonds. The van der Waals surface area contributed by atoms with Gasteiger partial charge in [0.2, 0.25) is 0 Å². The largest absolute Gasteiger partial charge is 0.393 e. The Labute approximate surface area is 201 Å². The number of hydrogen-bond acceptors (Lipinski definition) is 3. The molecular weight excluding hydrogens is 408 g/mol. The highest BCUT2D eigenvalue weighted by atomic mass is 16.3.